The maximum Gasteiger partial charge on any atom is 0.411 e. The number of hydrogen-bond donors (Lipinski definition) is 2. The molecule has 2 aliphatic heterocycles. The number of nitrogens with one attached hydrogen (secondary N) is 1. The Kier molecular flexibility index (Phi) is 4.42. The SMILES string of the molecule is CC(C)(C)OC(=O)N1CCC[C@]1(C(=O)O)[C@H]1C(=O)N[C@H]1c1ccccc1. The number of carbonyl (C=O) groups is 3. The van der Waals surface area contributed by atoms with E-state index in [-0.39, 0.29) is 18.9 Å². The predicted molar refractivity (Wildman–Crippen MR) is 93.4 cm³/mol. The van der Waals surface area contributed by atoms with Crippen LogP contribution in [0.2, 0.25) is 0 Å². The lowest BCUT2D eigenvalue weighted by Gasteiger charge is -2.49. The molecule has 1 aromatic carbocycles. The fourth-order valence-electron chi connectivity index (χ4n) is 3.90. The fourth-order valence-corrected chi connectivity index (χ4v) is 3.90. The first-order chi connectivity index (χ1) is 12.2. The van der Waals surface area contributed by atoms with Gasteiger partial charge in [-0.1, -0.05) is 30.3 Å². The van der Waals surface area contributed by atoms with Gasteiger partial charge in [-0.15, -0.1) is 0 Å². The first kappa shape index (κ1) is 18.2. The minimum Gasteiger partial charge on any atom is -0.479 e. The average molecular weight is 360 g/mol. The van der Waals surface area contributed by atoms with Gasteiger partial charge >= 0.3 is 12.1 Å². The minimum absolute atomic E-state index is 0.225. The van der Waals surface area contributed by atoms with Crippen LogP contribution in [-0.4, -0.2) is 45.7 Å². The Hall–Kier alpha value is -2.57. The topological polar surface area (TPSA) is 95.9 Å². The molecule has 0 aliphatic carbocycles. The summed E-state index contributed by atoms with van der Waals surface area (Å²) in [5, 5.41) is 12.9. The quantitative estimate of drug-likeness (QED) is 0.807. The zero-order valence-corrected chi connectivity index (χ0v) is 15.2. The van der Waals surface area contributed by atoms with Crippen molar-refractivity contribution in [2.75, 3.05) is 6.54 Å². The highest BCUT2D eigenvalue weighted by Gasteiger charge is 2.64. The molecule has 0 bridgehead atoms. The van der Waals surface area contributed by atoms with Crippen molar-refractivity contribution in [3.63, 3.8) is 0 Å². The van der Waals surface area contributed by atoms with E-state index in [9.17, 15) is 19.5 Å². The number of aliphatic carboxylic acids is 1. The zero-order chi connectivity index (χ0) is 19.1. The molecule has 3 rings (SSSR count). The number of hydrogen-bond acceptors (Lipinski definition) is 4. The van der Waals surface area contributed by atoms with Gasteiger partial charge in [-0.05, 0) is 39.2 Å². The third kappa shape index (κ3) is 2.91. The third-order valence-electron chi connectivity index (χ3n) is 4.99. The molecule has 2 N–H and O–H groups in total. The molecule has 7 heteroatoms. The molecular formula is C19H24N2O5. The number of nitrogens with zero attached hydrogens (tertiary/aromatic N) is 1. The smallest absolute Gasteiger partial charge is 0.411 e. The number of ether oxygens (including phenoxy) is 1. The van der Waals surface area contributed by atoms with Crippen LogP contribution in [0.5, 0.6) is 0 Å². The van der Waals surface area contributed by atoms with Crippen LogP contribution >= 0.6 is 0 Å². The Morgan fingerprint density at radius 2 is 1.92 bits per heavy atom. The summed E-state index contributed by atoms with van der Waals surface area (Å²) in [7, 11) is 0. The standard InChI is InChI=1S/C19H24N2O5/c1-18(2,3)26-17(25)21-11-7-10-19(21,16(23)24)13-14(20-15(13)22)12-8-5-4-6-9-12/h4-6,8-9,13-14H,7,10-11H2,1-3H3,(H,20,22)(H,23,24)/t13-,14+,19-/m1/s1. The summed E-state index contributed by atoms with van der Waals surface area (Å²) in [6, 6.07) is 8.78. The summed E-state index contributed by atoms with van der Waals surface area (Å²) in [5.74, 6) is -2.37. The second-order valence-electron chi connectivity index (χ2n) is 7.84. The number of rotatable bonds is 3. The second-order valence-corrected chi connectivity index (χ2v) is 7.84. The lowest BCUT2D eigenvalue weighted by molar-refractivity contribution is -0.164. The van der Waals surface area contributed by atoms with E-state index in [1.165, 1.54) is 4.90 Å². The van der Waals surface area contributed by atoms with Crippen molar-refractivity contribution in [1.29, 1.82) is 0 Å². The second kappa shape index (κ2) is 6.30. The Morgan fingerprint density at radius 1 is 1.27 bits per heavy atom. The van der Waals surface area contributed by atoms with E-state index in [4.69, 9.17) is 4.74 Å². The summed E-state index contributed by atoms with van der Waals surface area (Å²) >= 11 is 0. The summed E-state index contributed by atoms with van der Waals surface area (Å²) in [4.78, 5) is 38.7. The molecule has 140 valence electrons. The monoisotopic (exact) mass is 360 g/mol. The molecule has 0 unspecified atom stereocenters. The Morgan fingerprint density at radius 3 is 2.46 bits per heavy atom. The van der Waals surface area contributed by atoms with Gasteiger partial charge in [0.2, 0.25) is 5.91 Å². The predicted octanol–water partition coefficient (Wildman–Crippen LogP) is 2.33. The van der Waals surface area contributed by atoms with Crippen LogP contribution in [0.1, 0.15) is 45.2 Å². The van der Waals surface area contributed by atoms with Gasteiger partial charge in [0.05, 0.1) is 12.0 Å². The highest BCUT2D eigenvalue weighted by atomic mass is 16.6. The van der Waals surface area contributed by atoms with Gasteiger partial charge in [0.25, 0.3) is 0 Å². The van der Waals surface area contributed by atoms with Crippen molar-refractivity contribution < 1.29 is 24.2 Å². The maximum atomic E-state index is 12.7. The van der Waals surface area contributed by atoms with Crippen LogP contribution in [0.3, 0.4) is 0 Å². The van der Waals surface area contributed by atoms with Crippen molar-refractivity contribution in [2.45, 2.75) is 50.8 Å². The van der Waals surface area contributed by atoms with Gasteiger partial charge < -0.3 is 15.2 Å². The van der Waals surface area contributed by atoms with Crippen LogP contribution in [0.25, 0.3) is 0 Å². The van der Waals surface area contributed by atoms with Gasteiger partial charge in [0, 0.05) is 6.54 Å². The fraction of sp³-hybridized carbons (Fsp3) is 0.526. The van der Waals surface area contributed by atoms with Crippen molar-refractivity contribution >= 4 is 18.0 Å². The molecular weight excluding hydrogens is 336 g/mol. The molecule has 2 aliphatic rings. The zero-order valence-electron chi connectivity index (χ0n) is 15.2. The van der Waals surface area contributed by atoms with E-state index in [1.54, 1.807) is 20.8 Å². The highest BCUT2D eigenvalue weighted by Crippen LogP contribution is 2.47. The maximum absolute atomic E-state index is 12.7. The van der Waals surface area contributed by atoms with E-state index in [2.05, 4.69) is 5.32 Å². The van der Waals surface area contributed by atoms with E-state index in [0.29, 0.717) is 6.42 Å². The molecule has 0 radical (unpaired) electrons. The molecule has 3 atom stereocenters. The Labute approximate surface area is 152 Å². The molecule has 1 aromatic rings. The Bertz CT molecular complexity index is 727. The van der Waals surface area contributed by atoms with Gasteiger partial charge in [-0.3, -0.25) is 9.69 Å². The molecule has 7 nitrogen and oxygen atoms in total. The molecule has 2 saturated heterocycles. The number of benzene rings is 1. The van der Waals surface area contributed by atoms with Crippen LogP contribution in [0.4, 0.5) is 4.79 Å². The number of amides is 2. The first-order valence-corrected chi connectivity index (χ1v) is 8.76. The number of β-lactam (4-membered cyclic amide) rings is 1. The number of carboxylic acids is 1. The summed E-state index contributed by atoms with van der Waals surface area (Å²) in [6.07, 6.45) is 0.0451. The highest BCUT2D eigenvalue weighted by molar-refractivity contribution is 5.97. The number of likely N-dealkylation sites (tertiary alicyclic amines) is 1. The largest absolute Gasteiger partial charge is 0.479 e. The van der Waals surface area contributed by atoms with E-state index in [1.807, 2.05) is 30.3 Å². The summed E-state index contributed by atoms with van der Waals surface area (Å²) in [6.45, 7) is 5.44. The van der Waals surface area contributed by atoms with Crippen LogP contribution < -0.4 is 5.32 Å². The van der Waals surface area contributed by atoms with Gasteiger partial charge in [0.1, 0.15) is 5.60 Å². The van der Waals surface area contributed by atoms with Crippen LogP contribution in [0.15, 0.2) is 30.3 Å². The lowest BCUT2D eigenvalue weighted by atomic mass is 9.70. The number of carboxylic acid groups (broad SMARTS) is 1. The van der Waals surface area contributed by atoms with Crippen LogP contribution in [-0.2, 0) is 14.3 Å². The van der Waals surface area contributed by atoms with E-state index >= 15 is 0 Å². The van der Waals surface area contributed by atoms with Crippen molar-refractivity contribution in [3.05, 3.63) is 35.9 Å². The molecule has 0 aromatic heterocycles. The van der Waals surface area contributed by atoms with Gasteiger partial charge in [-0.25, -0.2) is 9.59 Å². The van der Waals surface area contributed by atoms with Crippen LogP contribution in [0, 0.1) is 5.92 Å². The first-order valence-electron chi connectivity index (χ1n) is 8.76. The molecule has 26 heavy (non-hydrogen) atoms. The molecule has 2 heterocycles. The normalized spacial score (nSPS) is 28.3. The van der Waals surface area contributed by atoms with E-state index in [0.717, 1.165) is 5.56 Å². The van der Waals surface area contributed by atoms with Gasteiger partial charge in [0.15, 0.2) is 5.54 Å². The molecule has 0 saturated carbocycles. The third-order valence-corrected chi connectivity index (χ3v) is 4.99. The Balaban J connectivity index is 1.97. The van der Waals surface area contributed by atoms with Crippen molar-refractivity contribution in [1.82, 2.24) is 10.2 Å². The van der Waals surface area contributed by atoms with Crippen molar-refractivity contribution in [2.24, 2.45) is 5.92 Å². The molecule has 0 spiro atoms. The number of carbonyl (C=O) groups excluding carboxylic acids is 2. The lowest BCUT2D eigenvalue weighted by Crippen LogP contribution is -2.69. The summed E-state index contributed by atoms with van der Waals surface area (Å²) < 4.78 is 5.41. The van der Waals surface area contributed by atoms with Crippen molar-refractivity contribution in [3.8, 4) is 0 Å². The minimum atomic E-state index is -1.59. The average Bonchev–Trinajstić information content (AvgIpc) is 2.97. The summed E-state index contributed by atoms with van der Waals surface area (Å²) in [5.41, 5.74) is -1.51. The van der Waals surface area contributed by atoms with E-state index < -0.39 is 35.2 Å². The molecule has 2 fully saturated rings. The van der Waals surface area contributed by atoms with Gasteiger partial charge in [-0.2, -0.15) is 0 Å². The molecule has 2 amide bonds.